The maximum atomic E-state index is 9.43. The number of thiophene rings is 2. The molecule has 0 fully saturated rings. The number of hydrogen-bond donors (Lipinski definition) is 2. The van der Waals surface area contributed by atoms with Gasteiger partial charge in [-0.25, -0.2) is 0 Å². The summed E-state index contributed by atoms with van der Waals surface area (Å²) < 4.78 is 0. The van der Waals surface area contributed by atoms with Gasteiger partial charge in [0.1, 0.15) is 22.9 Å². The molecule has 0 unspecified atom stereocenters. The van der Waals surface area contributed by atoms with E-state index in [9.17, 15) is 10.2 Å². The van der Waals surface area contributed by atoms with E-state index < -0.39 is 0 Å². The first-order chi connectivity index (χ1) is 13.7. The van der Waals surface area contributed by atoms with E-state index in [2.05, 4.69) is 9.98 Å². The van der Waals surface area contributed by atoms with Crippen LogP contribution in [0.5, 0.6) is 11.5 Å². The summed E-state index contributed by atoms with van der Waals surface area (Å²) in [5.74, 6) is 0.417. The predicted molar refractivity (Wildman–Crippen MR) is 119 cm³/mol. The molecule has 2 heterocycles. The smallest absolute Gasteiger partial charge is 0.141 e. The molecule has 0 bridgehead atoms. The van der Waals surface area contributed by atoms with E-state index in [-0.39, 0.29) is 28.6 Å². The molecular formula is C22H18CuN2O2S2. The molecule has 151 valence electrons. The van der Waals surface area contributed by atoms with Crippen LogP contribution in [0.1, 0.15) is 9.75 Å². The quantitative estimate of drug-likeness (QED) is 0.268. The molecule has 2 N–H and O–H groups in total. The summed E-state index contributed by atoms with van der Waals surface area (Å²) in [6, 6.07) is 22.0. The summed E-state index contributed by atoms with van der Waals surface area (Å²) in [5, 5.41) is 22.8. The summed E-state index contributed by atoms with van der Waals surface area (Å²) in [4.78, 5) is 10.5. The van der Waals surface area contributed by atoms with E-state index in [1.54, 1.807) is 71.5 Å². The Hall–Kier alpha value is -2.70. The van der Waals surface area contributed by atoms with Gasteiger partial charge in [-0.05, 0) is 47.2 Å². The van der Waals surface area contributed by atoms with Gasteiger partial charge >= 0.3 is 0 Å². The van der Waals surface area contributed by atoms with Gasteiger partial charge in [0, 0.05) is 39.3 Å². The fraction of sp³-hybridized carbons (Fsp3) is 0. The van der Waals surface area contributed by atoms with Crippen molar-refractivity contribution in [3.8, 4) is 11.5 Å². The van der Waals surface area contributed by atoms with Crippen LogP contribution in [0, 0.1) is 0 Å². The van der Waals surface area contributed by atoms with E-state index in [4.69, 9.17) is 0 Å². The third-order valence-corrected chi connectivity index (χ3v) is 5.13. The molecular weight excluding hydrogens is 452 g/mol. The van der Waals surface area contributed by atoms with Crippen LogP contribution in [0.2, 0.25) is 0 Å². The van der Waals surface area contributed by atoms with Crippen molar-refractivity contribution >= 4 is 46.5 Å². The molecule has 1 radical (unpaired) electrons. The predicted octanol–water partition coefficient (Wildman–Crippen LogP) is 6.41. The first-order valence-corrected chi connectivity index (χ1v) is 10.2. The average Bonchev–Trinajstić information content (AvgIpc) is 3.41. The van der Waals surface area contributed by atoms with Gasteiger partial charge in [0.05, 0.1) is 0 Å². The van der Waals surface area contributed by atoms with E-state index in [0.29, 0.717) is 11.4 Å². The minimum Gasteiger partial charge on any atom is -0.506 e. The summed E-state index contributed by atoms with van der Waals surface area (Å²) in [7, 11) is 0. The number of benzene rings is 2. The molecule has 0 aliphatic carbocycles. The zero-order valence-corrected chi connectivity index (χ0v) is 17.7. The van der Waals surface area contributed by atoms with Crippen molar-refractivity contribution in [3.63, 3.8) is 0 Å². The number of hydrogen-bond acceptors (Lipinski definition) is 6. The van der Waals surface area contributed by atoms with E-state index in [1.165, 1.54) is 0 Å². The van der Waals surface area contributed by atoms with Crippen LogP contribution in [0.15, 0.2) is 93.5 Å². The summed E-state index contributed by atoms with van der Waals surface area (Å²) in [5.41, 5.74) is 1.20. The van der Waals surface area contributed by atoms with Gasteiger partial charge in [-0.2, -0.15) is 0 Å². The van der Waals surface area contributed by atoms with E-state index >= 15 is 0 Å². The number of aliphatic imine (C=N–C) groups is 2. The Labute approximate surface area is 188 Å². The van der Waals surface area contributed by atoms with Gasteiger partial charge in [0.25, 0.3) is 0 Å². The Morgan fingerprint density at radius 3 is 1.34 bits per heavy atom. The molecule has 4 rings (SSSR count). The van der Waals surface area contributed by atoms with Crippen molar-refractivity contribution in [2.75, 3.05) is 0 Å². The molecule has 2 aromatic heterocycles. The number of phenols is 2. The second kappa shape index (κ2) is 12.0. The molecule has 7 heteroatoms. The van der Waals surface area contributed by atoms with Crippen LogP contribution in [0.4, 0.5) is 11.4 Å². The molecule has 0 atom stereocenters. The van der Waals surface area contributed by atoms with Gasteiger partial charge in [0.2, 0.25) is 0 Å². The minimum absolute atomic E-state index is 0. The molecule has 0 saturated heterocycles. The molecule has 0 saturated carbocycles. The van der Waals surface area contributed by atoms with Crippen LogP contribution in [0.3, 0.4) is 0 Å². The third kappa shape index (κ3) is 7.33. The van der Waals surface area contributed by atoms with Gasteiger partial charge < -0.3 is 10.2 Å². The second-order valence-electron chi connectivity index (χ2n) is 5.52. The fourth-order valence-corrected chi connectivity index (χ4v) is 3.31. The first kappa shape index (κ1) is 22.6. The van der Waals surface area contributed by atoms with Crippen molar-refractivity contribution in [2.24, 2.45) is 9.98 Å². The van der Waals surface area contributed by atoms with Crippen LogP contribution in [-0.4, -0.2) is 22.6 Å². The van der Waals surface area contributed by atoms with Gasteiger partial charge in [-0.1, -0.05) is 36.4 Å². The number of aromatic hydroxyl groups is 2. The Morgan fingerprint density at radius 2 is 1.00 bits per heavy atom. The molecule has 0 aliphatic rings. The molecule has 0 amide bonds. The van der Waals surface area contributed by atoms with Crippen molar-refractivity contribution < 1.29 is 27.3 Å². The molecule has 29 heavy (non-hydrogen) atoms. The summed E-state index contributed by atoms with van der Waals surface area (Å²) >= 11 is 3.23. The van der Waals surface area contributed by atoms with Crippen molar-refractivity contribution in [3.05, 3.63) is 93.3 Å². The molecule has 2 aromatic carbocycles. The number of nitrogens with zero attached hydrogens (tertiary/aromatic N) is 2. The number of phenolic OH excluding ortho intramolecular Hbond substituents is 2. The van der Waals surface area contributed by atoms with Gasteiger partial charge in [-0.3, -0.25) is 9.98 Å². The van der Waals surface area contributed by atoms with E-state index in [0.717, 1.165) is 9.75 Å². The van der Waals surface area contributed by atoms with Crippen LogP contribution < -0.4 is 0 Å². The maximum absolute atomic E-state index is 9.43. The van der Waals surface area contributed by atoms with Crippen molar-refractivity contribution in [2.45, 2.75) is 0 Å². The fourth-order valence-electron chi connectivity index (χ4n) is 2.14. The zero-order chi connectivity index (χ0) is 19.6. The van der Waals surface area contributed by atoms with Crippen LogP contribution >= 0.6 is 22.7 Å². The normalized spacial score (nSPS) is 10.5. The molecule has 0 spiro atoms. The number of para-hydroxylation sites is 4. The molecule has 4 nitrogen and oxygen atoms in total. The monoisotopic (exact) mass is 469 g/mol. The SMILES string of the molecule is Oc1ccccc1N=Cc1cccs1.Oc1ccccc1N=Cc1cccs1.[Cu]. The second-order valence-corrected chi connectivity index (χ2v) is 7.48. The largest absolute Gasteiger partial charge is 0.506 e. The van der Waals surface area contributed by atoms with Crippen LogP contribution in [-0.2, 0) is 17.1 Å². The van der Waals surface area contributed by atoms with Crippen molar-refractivity contribution in [1.29, 1.82) is 0 Å². The minimum atomic E-state index is 0. The molecule has 4 aromatic rings. The Bertz CT molecular complexity index is 961. The average molecular weight is 470 g/mol. The maximum Gasteiger partial charge on any atom is 0.141 e. The summed E-state index contributed by atoms with van der Waals surface area (Å²) in [6.07, 6.45) is 3.50. The zero-order valence-electron chi connectivity index (χ0n) is 15.1. The Balaban J connectivity index is 0.000000200. The van der Waals surface area contributed by atoms with E-state index in [1.807, 2.05) is 47.2 Å². The molecule has 0 aliphatic heterocycles. The third-order valence-electron chi connectivity index (χ3n) is 3.51. The summed E-state index contributed by atoms with van der Waals surface area (Å²) in [6.45, 7) is 0. The topological polar surface area (TPSA) is 65.2 Å². The standard InChI is InChI=1S/2C11H9NOS.Cu/c2*13-11-6-2-1-5-10(11)12-8-9-4-3-7-14-9;/h2*1-8,13H;. The van der Waals surface area contributed by atoms with Gasteiger partial charge in [0.15, 0.2) is 0 Å². The van der Waals surface area contributed by atoms with Crippen molar-refractivity contribution in [1.82, 2.24) is 0 Å². The Morgan fingerprint density at radius 1 is 0.586 bits per heavy atom. The van der Waals surface area contributed by atoms with Gasteiger partial charge in [-0.15, -0.1) is 22.7 Å². The van der Waals surface area contributed by atoms with Crippen LogP contribution in [0.25, 0.3) is 0 Å². The Kier molecular flexibility index (Phi) is 9.34. The first-order valence-electron chi connectivity index (χ1n) is 8.43. The number of rotatable bonds is 4.